The molecule has 0 amide bonds. The Labute approximate surface area is 256 Å². The van der Waals surface area contributed by atoms with Crippen LogP contribution in [0.5, 0.6) is 5.75 Å². The number of pyridine rings is 3. The molecular weight excluding hydrogens is 641 g/mol. The third-order valence-corrected chi connectivity index (χ3v) is 8.09. The van der Waals surface area contributed by atoms with Gasteiger partial charge in [-0.3, -0.25) is 15.0 Å². The number of hydrogen-bond acceptors (Lipinski definition) is 4. The lowest BCUT2D eigenvalue weighted by molar-refractivity contribution is 0.476. The van der Waals surface area contributed by atoms with Crippen molar-refractivity contribution in [2.45, 2.75) is 13.8 Å². The highest BCUT2D eigenvalue weighted by Gasteiger charge is 2.14. The highest BCUT2D eigenvalue weighted by Crippen LogP contribution is 2.36. The van der Waals surface area contributed by atoms with Crippen molar-refractivity contribution < 1.29 is 5.11 Å². The maximum absolute atomic E-state index is 9.65. The van der Waals surface area contributed by atoms with E-state index in [1.165, 1.54) is 22.3 Å². The van der Waals surface area contributed by atoms with Gasteiger partial charge in [0, 0.05) is 33.7 Å². The molecule has 0 saturated heterocycles. The smallest absolute Gasteiger partial charge is 0.155 e. The topological polar surface area (TPSA) is 58.9 Å². The zero-order chi connectivity index (χ0) is 28.5. The van der Waals surface area contributed by atoms with Gasteiger partial charge in [-0.1, -0.05) is 84.4 Å². The lowest BCUT2D eigenvalue weighted by Crippen LogP contribution is -1.94. The molecule has 0 aliphatic rings. The summed E-state index contributed by atoms with van der Waals surface area (Å²) in [7, 11) is 0. The number of benzene rings is 4. The molecule has 3 heterocycles. The van der Waals surface area contributed by atoms with Crippen LogP contribution in [0.25, 0.3) is 55.0 Å². The molecule has 0 aliphatic heterocycles. The number of hydrogen-bond donors (Lipinski definition) is 1. The van der Waals surface area contributed by atoms with Crippen LogP contribution in [0.3, 0.4) is 0 Å². The maximum atomic E-state index is 9.65. The first kappa shape index (κ1) is 27.1. The average Bonchev–Trinajstić information content (AvgIpc) is 3.00. The van der Waals surface area contributed by atoms with Crippen molar-refractivity contribution in [1.82, 2.24) is 15.0 Å². The third kappa shape index (κ3) is 5.35. The van der Waals surface area contributed by atoms with Gasteiger partial charge in [0.15, 0.2) is 5.75 Å². The number of halogens is 2. The number of aryl methyl sites for hydroxylation is 2. The summed E-state index contributed by atoms with van der Waals surface area (Å²) in [6, 6.07) is 35.1. The second-order valence-corrected chi connectivity index (χ2v) is 11.4. The second kappa shape index (κ2) is 11.4. The summed E-state index contributed by atoms with van der Waals surface area (Å²) in [5, 5.41) is 13.3. The number of phenolic OH excluding ortho intramolecular Hbond substituents is 1. The number of rotatable bonds is 2. The molecule has 0 atom stereocenters. The van der Waals surface area contributed by atoms with Crippen molar-refractivity contribution in [3.05, 3.63) is 129 Å². The van der Waals surface area contributed by atoms with Crippen LogP contribution in [0.1, 0.15) is 11.4 Å². The van der Waals surface area contributed by atoms with Gasteiger partial charge in [-0.2, -0.15) is 0 Å². The zero-order valence-corrected chi connectivity index (χ0v) is 25.4. The number of aromatic hydroxyl groups is 1. The summed E-state index contributed by atoms with van der Waals surface area (Å²) in [5.74, 6) is 0.195. The minimum absolute atomic E-state index is 0.195. The van der Waals surface area contributed by atoms with Crippen molar-refractivity contribution in [3.8, 4) is 28.0 Å². The Hall–Kier alpha value is -4.07. The molecule has 4 nitrogen and oxygen atoms in total. The number of phenols is 1. The van der Waals surface area contributed by atoms with Gasteiger partial charge in [0.1, 0.15) is 5.52 Å². The van der Waals surface area contributed by atoms with Crippen LogP contribution in [0.15, 0.2) is 109 Å². The zero-order valence-electron chi connectivity index (χ0n) is 22.4. The molecule has 41 heavy (non-hydrogen) atoms. The van der Waals surface area contributed by atoms with E-state index in [4.69, 9.17) is 21.6 Å². The van der Waals surface area contributed by atoms with E-state index in [1.54, 1.807) is 18.3 Å². The lowest BCUT2D eigenvalue weighted by atomic mass is 9.95. The predicted octanol–water partition coefficient (Wildman–Crippen LogP) is 9.93. The van der Waals surface area contributed by atoms with Gasteiger partial charge in [-0.25, -0.2) is 0 Å². The molecule has 3 aromatic heterocycles. The van der Waals surface area contributed by atoms with Crippen molar-refractivity contribution in [2.75, 3.05) is 0 Å². The van der Waals surface area contributed by atoms with Gasteiger partial charge in [-0.05, 0) is 89.0 Å². The molecule has 0 fully saturated rings. The molecule has 6 heteroatoms. The minimum Gasteiger partial charge on any atom is -0.505 e. The maximum Gasteiger partial charge on any atom is 0.155 e. The van der Waals surface area contributed by atoms with E-state index in [0.29, 0.717) is 14.1 Å². The normalized spacial score (nSPS) is 11.0. The molecule has 0 unspecified atom stereocenters. The van der Waals surface area contributed by atoms with Crippen molar-refractivity contribution in [2.24, 2.45) is 0 Å². The molecule has 0 bridgehead atoms. The second-order valence-electron chi connectivity index (χ2n) is 9.80. The molecule has 0 spiro atoms. The predicted molar refractivity (Wildman–Crippen MR) is 179 cm³/mol. The van der Waals surface area contributed by atoms with Crippen LogP contribution < -0.4 is 0 Å². The first-order valence-electron chi connectivity index (χ1n) is 13.1. The van der Waals surface area contributed by atoms with Crippen molar-refractivity contribution in [3.63, 3.8) is 0 Å². The summed E-state index contributed by atoms with van der Waals surface area (Å²) in [6.45, 7) is 4.11. The minimum atomic E-state index is 0.195. The summed E-state index contributed by atoms with van der Waals surface area (Å²) in [4.78, 5) is 13.9. The Kier molecular flexibility index (Phi) is 7.56. The van der Waals surface area contributed by atoms with Gasteiger partial charge < -0.3 is 5.11 Å². The molecule has 1 N–H and O–H groups in total. The number of fused-ring (bicyclic) bond motifs is 4. The highest BCUT2D eigenvalue weighted by atomic mass is 127. The number of nitrogens with zero attached hydrogens (tertiary/aromatic N) is 3. The van der Waals surface area contributed by atoms with E-state index < -0.39 is 0 Å². The van der Waals surface area contributed by atoms with Crippen LogP contribution in [0.4, 0.5) is 0 Å². The van der Waals surface area contributed by atoms with Gasteiger partial charge in [0.25, 0.3) is 0 Å². The van der Waals surface area contributed by atoms with E-state index in [2.05, 4.69) is 91.6 Å². The van der Waals surface area contributed by atoms with Crippen LogP contribution >= 0.6 is 34.2 Å². The first-order valence-corrected chi connectivity index (χ1v) is 14.6. The van der Waals surface area contributed by atoms with Crippen molar-refractivity contribution >= 4 is 66.9 Å². The summed E-state index contributed by atoms with van der Waals surface area (Å²) in [5.41, 5.74) is 9.31. The Bertz CT molecular complexity index is 1940. The third-order valence-electron chi connectivity index (χ3n) is 6.95. The molecule has 4 aromatic carbocycles. The Morgan fingerprint density at radius 2 is 1.12 bits per heavy atom. The molecule has 0 radical (unpaired) electrons. The number of aromatic nitrogens is 3. The Balaban J connectivity index is 0.000000195. The van der Waals surface area contributed by atoms with Gasteiger partial charge >= 0.3 is 0 Å². The van der Waals surface area contributed by atoms with E-state index in [-0.39, 0.29) is 5.75 Å². The molecule has 200 valence electrons. The summed E-state index contributed by atoms with van der Waals surface area (Å²) in [6.07, 6.45) is 1.63. The van der Waals surface area contributed by atoms with Crippen molar-refractivity contribution in [1.29, 1.82) is 0 Å². The fourth-order valence-corrected chi connectivity index (χ4v) is 6.11. The van der Waals surface area contributed by atoms with Crippen LogP contribution in [0, 0.1) is 17.4 Å². The summed E-state index contributed by atoms with van der Waals surface area (Å²) < 4.78 is 0.716. The Morgan fingerprint density at radius 3 is 1.63 bits per heavy atom. The quantitative estimate of drug-likeness (QED) is 0.148. The van der Waals surface area contributed by atoms with Crippen LogP contribution in [0.2, 0.25) is 5.02 Å². The van der Waals surface area contributed by atoms with E-state index in [1.807, 2.05) is 40.8 Å². The lowest BCUT2D eigenvalue weighted by Gasteiger charge is -2.13. The van der Waals surface area contributed by atoms with E-state index in [0.717, 1.165) is 38.6 Å². The first-order chi connectivity index (χ1) is 19.9. The van der Waals surface area contributed by atoms with E-state index >= 15 is 0 Å². The summed E-state index contributed by atoms with van der Waals surface area (Å²) >= 11 is 8.00. The van der Waals surface area contributed by atoms with Gasteiger partial charge in [0.2, 0.25) is 0 Å². The Morgan fingerprint density at radius 1 is 0.610 bits per heavy atom. The fourth-order valence-electron chi connectivity index (χ4n) is 5.10. The SMILES string of the molecule is Cc1cc(-c2ccccc2)c2ccc3c(-c4ccccc4)cc(C)nc3c2n1.Oc1c(I)cc(Cl)c2cccnc12. The van der Waals surface area contributed by atoms with Gasteiger partial charge in [-0.15, -0.1) is 0 Å². The standard InChI is InChI=1S/C26H20N2.C9H5ClINO/c1-17-15-23(19-9-5-3-6-10-19)21-13-14-22-24(20-11-7-4-8-12-20)16-18(2)28-26(22)25(21)27-17;10-6-4-7(11)9(13)8-5(6)2-1-3-12-8/h3-16H,1-2H3;1-4,13H. The van der Waals surface area contributed by atoms with E-state index in [9.17, 15) is 5.11 Å². The van der Waals surface area contributed by atoms with Crippen LogP contribution in [-0.2, 0) is 0 Å². The average molecular weight is 666 g/mol. The molecule has 7 rings (SSSR count). The fraction of sp³-hybridized carbons (Fsp3) is 0.0571. The molecular formula is C35H25ClIN3O. The molecule has 7 aromatic rings. The molecule has 0 aliphatic carbocycles. The van der Waals surface area contributed by atoms with Gasteiger partial charge in [0.05, 0.1) is 19.6 Å². The molecule has 0 saturated carbocycles. The highest BCUT2D eigenvalue weighted by molar-refractivity contribution is 14.1. The largest absolute Gasteiger partial charge is 0.505 e. The van der Waals surface area contributed by atoms with Crippen LogP contribution in [-0.4, -0.2) is 20.1 Å². The monoisotopic (exact) mass is 665 g/mol.